The normalized spacial score (nSPS) is 19.3. The van der Waals surface area contributed by atoms with Crippen molar-refractivity contribution in [3.05, 3.63) is 23.9 Å². The van der Waals surface area contributed by atoms with Crippen molar-refractivity contribution >= 4 is 21.8 Å². The Labute approximate surface area is 122 Å². The average Bonchev–Trinajstić information content (AvgIpc) is 2.47. The Bertz CT molecular complexity index is 437. The molecule has 0 spiro atoms. The molecule has 2 heterocycles. The number of carbonyl (C=O) groups is 1. The van der Waals surface area contributed by atoms with Crippen LogP contribution in [0.4, 0.5) is 0 Å². The number of hydrogen-bond donors (Lipinski definition) is 0. The summed E-state index contributed by atoms with van der Waals surface area (Å²) in [5.74, 6) is 1.04. The van der Waals surface area contributed by atoms with E-state index >= 15 is 0 Å². The smallest absolute Gasteiger partial charge is 0.259 e. The maximum Gasteiger partial charge on any atom is 0.259 e. The summed E-state index contributed by atoms with van der Waals surface area (Å²) in [7, 11) is 1.54. The second-order valence-electron chi connectivity index (χ2n) is 4.80. The Morgan fingerprint density at radius 1 is 1.63 bits per heavy atom. The molecule has 1 atom stereocenters. The van der Waals surface area contributed by atoms with Gasteiger partial charge >= 0.3 is 0 Å². The molecule has 0 aromatic carbocycles. The summed E-state index contributed by atoms with van der Waals surface area (Å²) < 4.78 is 5.17. The minimum Gasteiger partial charge on any atom is -0.480 e. The van der Waals surface area contributed by atoms with Crippen LogP contribution in [0.3, 0.4) is 0 Å². The number of ether oxygens (including phenoxy) is 1. The Morgan fingerprint density at radius 3 is 3.21 bits per heavy atom. The van der Waals surface area contributed by atoms with E-state index in [-0.39, 0.29) is 5.91 Å². The molecule has 0 bridgehead atoms. The van der Waals surface area contributed by atoms with Gasteiger partial charge in [0.25, 0.3) is 5.91 Å². The number of hydrogen-bond acceptors (Lipinski definition) is 3. The third-order valence-corrected chi connectivity index (χ3v) is 3.98. The fraction of sp³-hybridized carbons (Fsp3) is 0.571. The number of likely N-dealkylation sites (tertiary alicyclic amines) is 1. The summed E-state index contributed by atoms with van der Waals surface area (Å²) in [6, 6.07) is 3.55. The molecule has 1 fully saturated rings. The van der Waals surface area contributed by atoms with Gasteiger partial charge in [0.15, 0.2) is 0 Å². The molecular formula is C14H19BrN2O2. The van der Waals surface area contributed by atoms with Crippen LogP contribution < -0.4 is 4.74 Å². The highest BCUT2D eigenvalue weighted by molar-refractivity contribution is 9.09. The number of halogens is 1. The molecule has 1 aliphatic heterocycles. The van der Waals surface area contributed by atoms with Crippen LogP contribution in [-0.2, 0) is 0 Å². The lowest BCUT2D eigenvalue weighted by Crippen LogP contribution is -2.40. The van der Waals surface area contributed by atoms with E-state index in [0.29, 0.717) is 17.4 Å². The average molecular weight is 327 g/mol. The van der Waals surface area contributed by atoms with Crippen LogP contribution >= 0.6 is 15.9 Å². The van der Waals surface area contributed by atoms with E-state index in [0.717, 1.165) is 31.3 Å². The number of amides is 1. The van der Waals surface area contributed by atoms with Crippen molar-refractivity contribution in [2.75, 3.05) is 25.5 Å². The first-order chi connectivity index (χ1) is 9.26. The highest BCUT2D eigenvalue weighted by Crippen LogP contribution is 2.24. The number of aromatic nitrogens is 1. The van der Waals surface area contributed by atoms with Crippen molar-refractivity contribution in [3.8, 4) is 5.88 Å². The van der Waals surface area contributed by atoms with Gasteiger partial charge in [-0.15, -0.1) is 0 Å². The van der Waals surface area contributed by atoms with E-state index in [9.17, 15) is 4.79 Å². The van der Waals surface area contributed by atoms with Crippen molar-refractivity contribution in [1.82, 2.24) is 9.88 Å². The van der Waals surface area contributed by atoms with Crippen LogP contribution in [0.5, 0.6) is 5.88 Å². The molecule has 4 nitrogen and oxygen atoms in total. The molecule has 1 saturated heterocycles. The van der Waals surface area contributed by atoms with E-state index in [1.807, 2.05) is 4.90 Å². The van der Waals surface area contributed by atoms with Gasteiger partial charge in [-0.2, -0.15) is 0 Å². The second-order valence-corrected chi connectivity index (χ2v) is 5.59. The summed E-state index contributed by atoms with van der Waals surface area (Å²) in [5.41, 5.74) is 0.560. The third kappa shape index (κ3) is 3.47. The second kappa shape index (κ2) is 6.89. The van der Waals surface area contributed by atoms with Crippen molar-refractivity contribution in [3.63, 3.8) is 0 Å². The lowest BCUT2D eigenvalue weighted by atomic mass is 9.95. The van der Waals surface area contributed by atoms with Gasteiger partial charge < -0.3 is 9.64 Å². The Morgan fingerprint density at radius 2 is 2.47 bits per heavy atom. The van der Waals surface area contributed by atoms with Crippen LogP contribution in [-0.4, -0.2) is 41.3 Å². The molecule has 1 unspecified atom stereocenters. The van der Waals surface area contributed by atoms with Gasteiger partial charge in [0.05, 0.1) is 7.11 Å². The molecule has 1 aromatic rings. The lowest BCUT2D eigenvalue weighted by Gasteiger charge is -2.32. The molecular weight excluding hydrogens is 308 g/mol. The van der Waals surface area contributed by atoms with Gasteiger partial charge in [-0.3, -0.25) is 4.79 Å². The summed E-state index contributed by atoms with van der Waals surface area (Å²) in [5, 5.41) is 0.996. The largest absolute Gasteiger partial charge is 0.480 e. The minimum atomic E-state index is 0.0317. The quantitative estimate of drug-likeness (QED) is 0.799. The van der Waals surface area contributed by atoms with E-state index in [1.54, 1.807) is 25.4 Å². The van der Waals surface area contributed by atoms with Crippen LogP contribution in [0.2, 0.25) is 0 Å². The van der Waals surface area contributed by atoms with Crippen LogP contribution in [0, 0.1) is 5.92 Å². The first-order valence-electron chi connectivity index (χ1n) is 6.60. The Hall–Kier alpha value is -1.10. The van der Waals surface area contributed by atoms with Gasteiger partial charge in [-0.05, 0) is 37.3 Å². The van der Waals surface area contributed by atoms with Gasteiger partial charge in [-0.1, -0.05) is 15.9 Å². The monoisotopic (exact) mass is 326 g/mol. The maximum atomic E-state index is 12.5. The molecule has 0 saturated carbocycles. The summed E-state index contributed by atoms with van der Waals surface area (Å²) in [4.78, 5) is 18.5. The zero-order valence-electron chi connectivity index (χ0n) is 11.1. The topological polar surface area (TPSA) is 42.4 Å². The number of rotatable bonds is 4. The SMILES string of the molecule is COc1ncccc1C(=O)N1CCCC(CCBr)C1. The minimum absolute atomic E-state index is 0.0317. The summed E-state index contributed by atoms with van der Waals surface area (Å²) in [6.07, 6.45) is 5.04. The first kappa shape index (κ1) is 14.3. The Balaban J connectivity index is 2.10. The van der Waals surface area contributed by atoms with Crippen LogP contribution in [0.1, 0.15) is 29.6 Å². The van der Waals surface area contributed by atoms with E-state index in [1.165, 1.54) is 6.42 Å². The number of nitrogens with zero attached hydrogens (tertiary/aromatic N) is 2. The van der Waals surface area contributed by atoms with E-state index in [4.69, 9.17) is 4.74 Å². The highest BCUT2D eigenvalue weighted by atomic mass is 79.9. The number of piperidine rings is 1. The molecule has 1 amide bonds. The zero-order chi connectivity index (χ0) is 13.7. The molecule has 1 aliphatic rings. The molecule has 0 N–H and O–H groups in total. The van der Waals surface area contributed by atoms with Crippen molar-refractivity contribution < 1.29 is 9.53 Å². The molecule has 0 aliphatic carbocycles. The predicted octanol–water partition coefficient (Wildman–Crippen LogP) is 2.73. The van der Waals surface area contributed by atoms with Crippen molar-refractivity contribution in [2.45, 2.75) is 19.3 Å². The molecule has 19 heavy (non-hydrogen) atoms. The molecule has 2 rings (SSSR count). The lowest BCUT2D eigenvalue weighted by molar-refractivity contribution is 0.0668. The predicted molar refractivity (Wildman–Crippen MR) is 77.8 cm³/mol. The first-order valence-corrected chi connectivity index (χ1v) is 7.72. The van der Waals surface area contributed by atoms with Crippen molar-refractivity contribution in [2.24, 2.45) is 5.92 Å². The maximum absolute atomic E-state index is 12.5. The highest BCUT2D eigenvalue weighted by Gasteiger charge is 2.26. The van der Waals surface area contributed by atoms with E-state index in [2.05, 4.69) is 20.9 Å². The molecule has 104 valence electrons. The number of carbonyl (C=O) groups excluding carboxylic acids is 1. The molecule has 0 radical (unpaired) electrons. The third-order valence-electron chi connectivity index (χ3n) is 3.52. The standard InChI is InChI=1S/C14H19BrN2O2/c1-19-13-12(5-2-8-16-13)14(18)17-9-3-4-11(10-17)6-7-15/h2,5,8,11H,3-4,6-7,9-10H2,1H3. The van der Waals surface area contributed by atoms with Crippen molar-refractivity contribution in [1.29, 1.82) is 0 Å². The van der Waals surface area contributed by atoms with Gasteiger partial charge in [0, 0.05) is 24.6 Å². The summed E-state index contributed by atoms with van der Waals surface area (Å²) in [6.45, 7) is 1.66. The number of alkyl halides is 1. The fourth-order valence-electron chi connectivity index (χ4n) is 2.53. The number of pyridine rings is 1. The van der Waals surface area contributed by atoms with Crippen LogP contribution in [0.25, 0.3) is 0 Å². The van der Waals surface area contributed by atoms with Gasteiger partial charge in [0.1, 0.15) is 5.56 Å². The zero-order valence-corrected chi connectivity index (χ0v) is 12.7. The number of methoxy groups -OCH3 is 1. The summed E-state index contributed by atoms with van der Waals surface area (Å²) >= 11 is 3.48. The van der Waals surface area contributed by atoms with Crippen LogP contribution in [0.15, 0.2) is 18.3 Å². The van der Waals surface area contributed by atoms with Gasteiger partial charge in [0.2, 0.25) is 5.88 Å². The molecule has 5 heteroatoms. The fourth-order valence-corrected chi connectivity index (χ4v) is 3.17. The van der Waals surface area contributed by atoms with E-state index < -0.39 is 0 Å². The van der Waals surface area contributed by atoms with Gasteiger partial charge in [-0.25, -0.2) is 4.98 Å². The Kier molecular flexibility index (Phi) is 5.19. The molecule has 1 aromatic heterocycles.